The number of carbonyl (C=O) groups is 1. The van der Waals surface area contributed by atoms with Gasteiger partial charge in [0.05, 0.1) is 0 Å². The van der Waals surface area contributed by atoms with E-state index in [1.807, 2.05) is 12.1 Å². The Morgan fingerprint density at radius 2 is 1.48 bits per heavy atom. The van der Waals surface area contributed by atoms with E-state index in [0.29, 0.717) is 6.04 Å². The molecule has 0 atom stereocenters. The number of urea groups is 1. The van der Waals surface area contributed by atoms with Gasteiger partial charge in [0.25, 0.3) is 0 Å². The molecule has 0 heterocycles. The first kappa shape index (κ1) is 14.4. The van der Waals surface area contributed by atoms with Gasteiger partial charge in [-0.25, -0.2) is 4.79 Å². The van der Waals surface area contributed by atoms with Crippen LogP contribution in [0.1, 0.15) is 69.3 Å². The molecule has 0 radical (unpaired) electrons. The summed E-state index contributed by atoms with van der Waals surface area (Å²) in [6.45, 7) is 0. The van der Waals surface area contributed by atoms with Crippen molar-refractivity contribution >= 4 is 11.7 Å². The third kappa shape index (κ3) is 3.99. The molecule has 0 unspecified atom stereocenters. The fourth-order valence-electron chi connectivity index (χ4n) is 3.70. The molecular formula is C18H26N2O. The van der Waals surface area contributed by atoms with Crippen molar-refractivity contribution in [1.29, 1.82) is 0 Å². The van der Waals surface area contributed by atoms with Crippen molar-refractivity contribution in [3.63, 3.8) is 0 Å². The van der Waals surface area contributed by atoms with E-state index in [1.54, 1.807) is 0 Å². The lowest BCUT2D eigenvalue weighted by atomic mass is 9.84. The largest absolute Gasteiger partial charge is 0.335 e. The van der Waals surface area contributed by atoms with Crippen molar-refractivity contribution in [1.82, 2.24) is 5.32 Å². The Hall–Kier alpha value is -1.51. The van der Waals surface area contributed by atoms with Crippen LogP contribution in [-0.2, 0) is 0 Å². The fraction of sp³-hybridized carbons (Fsp3) is 0.611. The Kier molecular flexibility index (Phi) is 4.79. The lowest BCUT2D eigenvalue weighted by Gasteiger charge is -2.22. The number of nitrogens with one attached hydrogen (secondary N) is 2. The van der Waals surface area contributed by atoms with Gasteiger partial charge in [0.2, 0.25) is 0 Å². The molecule has 114 valence electrons. The third-order valence-electron chi connectivity index (χ3n) is 4.94. The number of hydrogen-bond donors (Lipinski definition) is 2. The summed E-state index contributed by atoms with van der Waals surface area (Å²) in [5, 5.41) is 6.00. The molecule has 1 aromatic carbocycles. The van der Waals surface area contributed by atoms with E-state index in [9.17, 15) is 4.79 Å². The minimum atomic E-state index is -0.0627. The van der Waals surface area contributed by atoms with E-state index in [2.05, 4.69) is 22.8 Å². The summed E-state index contributed by atoms with van der Waals surface area (Å²) in [5.41, 5.74) is 2.32. The van der Waals surface area contributed by atoms with Gasteiger partial charge in [-0.3, -0.25) is 0 Å². The van der Waals surface area contributed by atoms with Crippen LogP contribution < -0.4 is 10.6 Å². The number of carbonyl (C=O) groups excluding carboxylic acids is 1. The predicted molar refractivity (Wildman–Crippen MR) is 86.7 cm³/mol. The molecule has 0 spiro atoms. The van der Waals surface area contributed by atoms with Gasteiger partial charge in [-0.15, -0.1) is 0 Å². The molecule has 3 rings (SSSR count). The van der Waals surface area contributed by atoms with Crippen LogP contribution in [0.2, 0.25) is 0 Å². The van der Waals surface area contributed by atoms with Gasteiger partial charge in [0, 0.05) is 11.7 Å². The Labute approximate surface area is 127 Å². The first-order valence-corrected chi connectivity index (χ1v) is 8.49. The van der Waals surface area contributed by atoms with Crippen molar-refractivity contribution in [2.75, 3.05) is 5.32 Å². The van der Waals surface area contributed by atoms with Gasteiger partial charge < -0.3 is 10.6 Å². The zero-order chi connectivity index (χ0) is 14.5. The van der Waals surface area contributed by atoms with Crippen molar-refractivity contribution in [3.8, 4) is 0 Å². The van der Waals surface area contributed by atoms with E-state index in [4.69, 9.17) is 0 Å². The van der Waals surface area contributed by atoms with E-state index < -0.39 is 0 Å². The summed E-state index contributed by atoms with van der Waals surface area (Å²) in [6, 6.07) is 8.75. The summed E-state index contributed by atoms with van der Waals surface area (Å²) in [7, 11) is 0. The van der Waals surface area contributed by atoms with E-state index in [0.717, 1.165) is 24.4 Å². The van der Waals surface area contributed by atoms with Gasteiger partial charge in [-0.05, 0) is 49.3 Å². The summed E-state index contributed by atoms with van der Waals surface area (Å²) in [6.07, 6.45) is 11.4. The van der Waals surface area contributed by atoms with E-state index >= 15 is 0 Å². The van der Waals surface area contributed by atoms with Crippen LogP contribution in [0.4, 0.5) is 10.5 Å². The molecule has 0 bridgehead atoms. The molecule has 2 aliphatic carbocycles. The van der Waals surface area contributed by atoms with Gasteiger partial charge >= 0.3 is 6.03 Å². The average Bonchev–Trinajstić information content (AvgIpc) is 3.02. The highest BCUT2D eigenvalue weighted by atomic mass is 16.2. The molecule has 3 heteroatoms. The quantitative estimate of drug-likeness (QED) is 0.823. The SMILES string of the molecule is O=C(Nc1ccc(C2CCCCC2)cc1)NC1CCCC1. The monoisotopic (exact) mass is 286 g/mol. The summed E-state index contributed by atoms with van der Waals surface area (Å²) in [5.74, 6) is 0.722. The van der Waals surface area contributed by atoms with Crippen molar-refractivity contribution in [3.05, 3.63) is 29.8 Å². The highest BCUT2D eigenvalue weighted by Crippen LogP contribution is 2.32. The standard InChI is InChI=1S/C18H26N2O/c21-18(19-16-8-4-5-9-16)20-17-12-10-15(11-13-17)14-6-2-1-3-7-14/h10-14,16H,1-9H2,(H2,19,20,21). The van der Waals surface area contributed by atoms with Crippen LogP contribution in [0.15, 0.2) is 24.3 Å². The van der Waals surface area contributed by atoms with Crippen LogP contribution in [0.3, 0.4) is 0 Å². The second kappa shape index (κ2) is 6.97. The predicted octanol–water partition coefficient (Wildman–Crippen LogP) is 4.80. The molecule has 0 aliphatic heterocycles. The zero-order valence-corrected chi connectivity index (χ0v) is 12.7. The highest BCUT2D eigenvalue weighted by Gasteiger charge is 2.17. The van der Waals surface area contributed by atoms with Crippen LogP contribution in [0.25, 0.3) is 0 Å². The molecule has 2 fully saturated rings. The topological polar surface area (TPSA) is 41.1 Å². The Morgan fingerprint density at radius 3 is 2.14 bits per heavy atom. The number of hydrogen-bond acceptors (Lipinski definition) is 1. The summed E-state index contributed by atoms with van der Waals surface area (Å²) in [4.78, 5) is 11.9. The first-order valence-electron chi connectivity index (χ1n) is 8.49. The Bertz CT molecular complexity index is 457. The number of rotatable bonds is 3. The molecule has 2 amide bonds. The van der Waals surface area contributed by atoms with Gasteiger partial charge in [-0.2, -0.15) is 0 Å². The Morgan fingerprint density at radius 1 is 0.857 bits per heavy atom. The molecule has 21 heavy (non-hydrogen) atoms. The molecule has 2 N–H and O–H groups in total. The Balaban J connectivity index is 1.52. The lowest BCUT2D eigenvalue weighted by Crippen LogP contribution is -2.36. The molecular weight excluding hydrogens is 260 g/mol. The summed E-state index contributed by atoms with van der Waals surface area (Å²) >= 11 is 0. The molecule has 1 aromatic rings. The maximum absolute atomic E-state index is 11.9. The number of amides is 2. The highest BCUT2D eigenvalue weighted by molar-refractivity contribution is 5.89. The second-order valence-corrected chi connectivity index (χ2v) is 6.54. The zero-order valence-electron chi connectivity index (χ0n) is 12.7. The summed E-state index contributed by atoms with van der Waals surface area (Å²) < 4.78 is 0. The fourth-order valence-corrected chi connectivity index (χ4v) is 3.70. The van der Waals surface area contributed by atoms with E-state index in [-0.39, 0.29) is 6.03 Å². The van der Waals surface area contributed by atoms with Crippen LogP contribution in [0, 0.1) is 0 Å². The van der Waals surface area contributed by atoms with Crippen molar-refractivity contribution in [2.45, 2.75) is 69.7 Å². The van der Waals surface area contributed by atoms with Crippen molar-refractivity contribution in [2.24, 2.45) is 0 Å². The minimum absolute atomic E-state index is 0.0627. The third-order valence-corrected chi connectivity index (χ3v) is 4.94. The van der Waals surface area contributed by atoms with Crippen LogP contribution >= 0.6 is 0 Å². The van der Waals surface area contributed by atoms with Gasteiger partial charge in [0.1, 0.15) is 0 Å². The van der Waals surface area contributed by atoms with Gasteiger partial charge in [-0.1, -0.05) is 44.2 Å². The van der Waals surface area contributed by atoms with E-state index in [1.165, 1.54) is 50.5 Å². The molecule has 2 saturated carbocycles. The van der Waals surface area contributed by atoms with Crippen molar-refractivity contribution < 1.29 is 4.79 Å². The lowest BCUT2D eigenvalue weighted by molar-refractivity contribution is 0.248. The first-order chi connectivity index (χ1) is 10.3. The molecule has 0 aromatic heterocycles. The molecule has 0 saturated heterocycles. The normalized spacial score (nSPS) is 20.4. The minimum Gasteiger partial charge on any atom is -0.335 e. The van der Waals surface area contributed by atoms with Crippen LogP contribution in [-0.4, -0.2) is 12.1 Å². The maximum atomic E-state index is 11.9. The van der Waals surface area contributed by atoms with Crippen LogP contribution in [0.5, 0.6) is 0 Å². The molecule has 3 nitrogen and oxygen atoms in total. The average molecular weight is 286 g/mol. The number of benzene rings is 1. The number of anilines is 1. The smallest absolute Gasteiger partial charge is 0.319 e. The molecule has 2 aliphatic rings. The van der Waals surface area contributed by atoms with Gasteiger partial charge in [0.15, 0.2) is 0 Å². The maximum Gasteiger partial charge on any atom is 0.319 e. The second-order valence-electron chi connectivity index (χ2n) is 6.54.